The van der Waals surface area contributed by atoms with Gasteiger partial charge in [-0.1, -0.05) is 35.0 Å². The van der Waals surface area contributed by atoms with Gasteiger partial charge in [-0.2, -0.15) is 0 Å². The molecule has 0 aliphatic carbocycles. The highest BCUT2D eigenvalue weighted by Gasteiger charge is 2.43. The summed E-state index contributed by atoms with van der Waals surface area (Å²) >= 11 is 6.35. The SMILES string of the molecule is CCOC(=O)C1(Cc2ccccc2Cl)CCN(C(=O)CCc2c(C)noc2C)CC1. The van der Waals surface area contributed by atoms with Gasteiger partial charge in [0.25, 0.3) is 0 Å². The number of nitrogens with zero attached hydrogens (tertiary/aromatic N) is 2. The van der Waals surface area contributed by atoms with E-state index in [0.717, 1.165) is 22.6 Å². The van der Waals surface area contributed by atoms with E-state index in [-0.39, 0.29) is 11.9 Å². The molecule has 2 heterocycles. The Balaban J connectivity index is 1.66. The Kier molecular flexibility index (Phi) is 7.19. The molecule has 0 spiro atoms. The Morgan fingerprint density at radius 1 is 1.23 bits per heavy atom. The number of carbonyl (C=O) groups excluding carboxylic acids is 2. The Bertz CT molecular complexity index is 881. The third-order valence-electron chi connectivity index (χ3n) is 6.04. The van der Waals surface area contributed by atoms with Gasteiger partial charge >= 0.3 is 5.97 Å². The lowest BCUT2D eigenvalue weighted by molar-refractivity contribution is -0.160. The highest BCUT2D eigenvalue weighted by atomic mass is 35.5. The highest BCUT2D eigenvalue weighted by molar-refractivity contribution is 6.31. The highest BCUT2D eigenvalue weighted by Crippen LogP contribution is 2.38. The van der Waals surface area contributed by atoms with Crippen molar-refractivity contribution in [1.29, 1.82) is 0 Å². The van der Waals surface area contributed by atoms with Crippen LogP contribution in [0.25, 0.3) is 0 Å². The first-order valence-electron chi connectivity index (χ1n) is 10.5. The Labute approximate surface area is 182 Å². The maximum absolute atomic E-state index is 12.9. The molecule has 1 amide bonds. The van der Waals surface area contributed by atoms with E-state index in [9.17, 15) is 9.59 Å². The lowest BCUT2D eigenvalue weighted by Crippen LogP contribution is -2.48. The van der Waals surface area contributed by atoms with Crippen LogP contribution in [-0.2, 0) is 27.2 Å². The van der Waals surface area contributed by atoms with Crippen LogP contribution < -0.4 is 0 Å². The molecule has 1 aliphatic rings. The third kappa shape index (κ3) is 4.86. The second-order valence-corrected chi connectivity index (χ2v) is 8.36. The molecule has 1 aliphatic heterocycles. The topological polar surface area (TPSA) is 72.6 Å². The van der Waals surface area contributed by atoms with E-state index in [4.69, 9.17) is 20.9 Å². The summed E-state index contributed by atoms with van der Waals surface area (Å²) in [6.45, 7) is 6.97. The van der Waals surface area contributed by atoms with Crippen LogP contribution in [0.4, 0.5) is 0 Å². The number of hydrogen-bond donors (Lipinski definition) is 0. The average molecular weight is 433 g/mol. The molecular weight excluding hydrogens is 404 g/mol. The minimum atomic E-state index is -0.653. The standard InChI is InChI=1S/C23H29ClN2O4/c1-4-29-22(28)23(15-18-7-5-6-8-20(18)24)11-13-26(14-12-23)21(27)10-9-19-16(2)25-30-17(19)3/h5-8H,4,9-15H2,1-3H3. The quantitative estimate of drug-likeness (QED) is 0.610. The number of benzene rings is 1. The number of likely N-dealkylation sites (tertiary alicyclic amines) is 1. The first kappa shape index (κ1) is 22.3. The van der Waals surface area contributed by atoms with Crippen LogP contribution in [0.1, 0.15) is 48.8 Å². The van der Waals surface area contributed by atoms with Crippen LogP contribution in [0, 0.1) is 19.3 Å². The number of hydrogen-bond acceptors (Lipinski definition) is 5. The van der Waals surface area contributed by atoms with Gasteiger partial charge in [0, 0.05) is 30.1 Å². The van der Waals surface area contributed by atoms with Crippen molar-refractivity contribution in [2.75, 3.05) is 19.7 Å². The number of amides is 1. The van der Waals surface area contributed by atoms with Crippen LogP contribution in [0.3, 0.4) is 0 Å². The van der Waals surface area contributed by atoms with Crippen molar-refractivity contribution in [3.63, 3.8) is 0 Å². The summed E-state index contributed by atoms with van der Waals surface area (Å²) in [6.07, 6.45) is 2.66. The van der Waals surface area contributed by atoms with Gasteiger partial charge in [0.15, 0.2) is 0 Å². The smallest absolute Gasteiger partial charge is 0.312 e. The molecule has 162 valence electrons. The lowest BCUT2D eigenvalue weighted by atomic mass is 9.73. The summed E-state index contributed by atoms with van der Waals surface area (Å²) in [7, 11) is 0. The first-order valence-corrected chi connectivity index (χ1v) is 10.8. The number of rotatable bonds is 7. The fourth-order valence-electron chi connectivity index (χ4n) is 4.18. The predicted molar refractivity (Wildman–Crippen MR) is 114 cm³/mol. The maximum Gasteiger partial charge on any atom is 0.312 e. The molecule has 2 aromatic rings. The average Bonchev–Trinajstić information content (AvgIpc) is 3.06. The summed E-state index contributed by atoms with van der Waals surface area (Å²) in [5.41, 5.74) is 2.12. The van der Waals surface area contributed by atoms with E-state index in [1.807, 2.05) is 49.9 Å². The van der Waals surface area contributed by atoms with Crippen molar-refractivity contribution >= 4 is 23.5 Å². The van der Waals surface area contributed by atoms with Crippen molar-refractivity contribution in [2.45, 2.75) is 52.9 Å². The second-order valence-electron chi connectivity index (χ2n) is 7.95. The summed E-state index contributed by atoms with van der Waals surface area (Å²) in [5.74, 6) is 0.651. The molecule has 30 heavy (non-hydrogen) atoms. The molecule has 1 aromatic heterocycles. The normalized spacial score (nSPS) is 15.8. The van der Waals surface area contributed by atoms with E-state index in [2.05, 4.69) is 5.16 Å². The van der Waals surface area contributed by atoms with E-state index >= 15 is 0 Å². The number of ether oxygens (including phenoxy) is 1. The molecule has 7 heteroatoms. The van der Waals surface area contributed by atoms with E-state index in [1.54, 1.807) is 0 Å². The van der Waals surface area contributed by atoms with Crippen molar-refractivity contribution in [3.05, 3.63) is 51.9 Å². The van der Waals surface area contributed by atoms with Gasteiger partial charge in [0.1, 0.15) is 5.76 Å². The summed E-state index contributed by atoms with van der Waals surface area (Å²) < 4.78 is 10.6. The summed E-state index contributed by atoms with van der Waals surface area (Å²) in [4.78, 5) is 27.5. The second kappa shape index (κ2) is 9.65. The van der Waals surface area contributed by atoms with Gasteiger partial charge < -0.3 is 14.2 Å². The van der Waals surface area contributed by atoms with Gasteiger partial charge in [-0.05, 0) is 58.1 Å². The lowest BCUT2D eigenvalue weighted by Gasteiger charge is -2.40. The molecule has 6 nitrogen and oxygen atoms in total. The van der Waals surface area contributed by atoms with Crippen LogP contribution in [-0.4, -0.2) is 41.6 Å². The monoisotopic (exact) mass is 432 g/mol. The zero-order valence-corrected chi connectivity index (χ0v) is 18.6. The molecular formula is C23H29ClN2O4. The fraction of sp³-hybridized carbons (Fsp3) is 0.522. The Morgan fingerprint density at radius 2 is 1.93 bits per heavy atom. The molecule has 0 radical (unpaired) electrons. The molecule has 0 N–H and O–H groups in total. The van der Waals surface area contributed by atoms with Crippen molar-refractivity contribution in [3.8, 4) is 0 Å². The fourth-order valence-corrected chi connectivity index (χ4v) is 4.38. The number of halogens is 1. The van der Waals surface area contributed by atoms with Crippen LogP contribution in [0.15, 0.2) is 28.8 Å². The third-order valence-corrected chi connectivity index (χ3v) is 6.41. The number of carbonyl (C=O) groups is 2. The van der Waals surface area contributed by atoms with Gasteiger partial charge in [-0.3, -0.25) is 9.59 Å². The van der Waals surface area contributed by atoms with Gasteiger partial charge in [0.05, 0.1) is 17.7 Å². The van der Waals surface area contributed by atoms with E-state index in [0.29, 0.717) is 56.8 Å². The minimum absolute atomic E-state index is 0.0882. The Hall–Kier alpha value is -2.34. The molecule has 0 atom stereocenters. The molecule has 0 saturated carbocycles. The minimum Gasteiger partial charge on any atom is -0.466 e. The van der Waals surface area contributed by atoms with Crippen LogP contribution in [0.2, 0.25) is 5.02 Å². The van der Waals surface area contributed by atoms with Gasteiger partial charge in [-0.15, -0.1) is 0 Å². The molecule has 1 fully saturated rings. The number of aryl methyl sites for hydroxylation is 2. The molecule has 1 saturated heterocycles. The zero-order valence-electron chi connectivity index (χ0n) is 17.9. The largest absolute Gasteiger partial charge is 0.466 e. The Morgan fingerprint density at radius 3 is 2.53 bits per heavy atom. The maximum atomic E-state index is 12.9. The molecule has 1 aromatic carbocycles. The van der Waals surface area contributed by atoms with Crippen LogP contribution >= 0.6 is 11.6 Å². The van der Waals surface area contributed by atoms with Gasteiger partial charge in [0.2, 0.25) is 5.91 Å². The zero-order chi connectivity index (χ0) is 21.7. The van der Waals surface area contributed by atoms with Crippen molar-refractivity contribution in [2.24, 2.45) is 5.41 Å². The van der Waals surface area contributed by atoms with Crippen molar-refractivity contribution in [1.82, 2.24) is 10.1 Å². The van der Waals surface area contributed by atoms with E-state index in [1.165, 1.54) is 0 Å². The van der Waals surface area contributed by atoms with Crippen LogP contribution in [0.5, 0.6) is 0 Å². The first-order chi connectivity index (χ1) is 14.4. The van der Waals surface area contributed by atoms with Crippen molar-refractivity contribution < 1.29 is 18.8 Å². The molecule has 3 rings (SSSR count). The molecule has 0 unspecified atom stereocenters. The summed E-state index contributed by atoms with van der Waals surface area (Å²) in [5, 5.41) is 4.60. The number of esters is 1. The predicted octanol–water partition coefficient (Wildman–Crippen LogP) is 4.29. The van der Waals surface area contributed by atoms with E-state index < -0.39 is 5.41 Å². The summed E-state index contributed by atoms with van der Waals surface area (Å²) in [6, 6.07) is 7.59. The van der Waals surface area contributed by atoms with Gasteiger partial charge in [-0.25, -0.2) is 0 Å². The number of piperidine rings is 1. The number of aromatic nitrogens is 1. The molecule has 0 bridgehead atoms.